The average molecular weight is 301 g/mol. The summed E-state index contributed by atoms with van der Waals surface area (Å²) in [6.45, 7) is 5.83. The van der Waals surface area contributed by atoms with Gasteiger partial charge in [-0.05, 0) is 44.0 Å². The second-order valence-electron chi connectivity index (χ2n) is 5.23. The lowest BCUT2D eigenvalue weighted by Crippen LogP contribution is -2.22. The van der Waals surface area contributed by atoms with E-state index in [9.17, 15) is 4.79 Å². The van der Waals surface area contributed by atoms with Crippen molar-refractivity contribution in [3.05, 3.63) is 58.5 Å². The standard InChI is InChI=1S/C18H23NO3/c1-3-13-22-17-6-4-11-19(18(17)20)12-5-14-21-16-9-7-15(2)8-10-16/h4,6-11H,3,5,12-14H2,1-2H3. The van der Waals surface area contributed by atoms with Crippen molar-refractivity contribution in [3.63, 3.8) is 0 Å². The van der Waals surface area contributed by atoms with E-state index in [4.69, 9.17) is 9.47 Å². The molecule has 0 fully saturated rings. The van der Waals surface area contributed by atoms with Gasteiger partial charge in [0.05, 0.1) is 13.2 Å². The highest BCUT2D eigenvalue weighted by atomic mass is 16.5. The zero-order valence-electron chi connectivity index (χ0n) is 13.2. The third-order valence-corrected chi connectivity index (χ3v) is 3.28. The normalized spacial score (nSPS) is 10.5. The molecule has 0 N–H and O–H groups in total. The van der Waals surface area contributed by atoms with Crippen LogP contribution in [0.15, 0.2) is 47.4 Å². The third-order valence-electron chi connectivity index (χ3n) is 3.28. The molecule has 0 unspecified atom stereocenters. The van der Waals surface area contributed by atoms with Crippen LogP contribution < -0.4 is 15.0 Å². The topological polar surface area (TPSA) is 40.5 Å². The summed E-state index contributed by atoms with van der Waals surface area (Å²) in [7, 11) is 0. The smallest absolute Gasteiger partial charge is 0.292 e. The molecule has 0 amide bonds. The molecule has 0 spiro atoms. The van der Waals surface area contributed by atoms with Gasteiger partial charge in [0.2, 0.25) is 0 Å². The Morgan fingerprint density at radius 1 is 1.05 bits per heavy atom. The van der Waals surface area contributed by atoms with E-state index in [2.05, 4.69) is 0 Å². The van der Waals surface area contributed by atoms with Gasteiger partial charge in [-0.3, -0.25) is 4.79 Å². The highest BCUT2D eigenvalue weighted by Gasteiger charge is 2.03. The molecule has 22 heavy (non-hydrogen) atoms. The molecular weight excluding hydrogens is 278 g/mol. The molecular formula is C18H23NO3. The summed E-state index contributed by atoms with van der Waals surface area (Å²) in [5.41, 5.74) is 1.13. The molecule has 1 aromatic heterocycles. The van der Waals surface area contributed by atoms with E-state index >= 15 is 0 Å². The van der Waals surface area contributed by atoms with Crippen molar-refractivity contribution in [2.45, 2.75) is 33.2 Å². The Hall–Kier alpha value is -2.23. The second-order valence-corrected chi connectivity index (χ2v) is 5.23. The summed E-state index contributed by atoms with van der Waals surface area (Å²) in [5.74, 6) is 1.28. The van der Waals surface area contributed by atoms with Gasteiger partial charge in [0.15, 0.2) is 5.75 Å². The monoisotopic (exact) mass is 301 g/mol. The van der Waals surface area contributed by atoms with E-state index in [1.54, 1.807) is 16.8 Å². The van der Waals surface area contributed by atoms with Crippen molar-refractivity contribution in [1.29, 1.82) is 0 Å². The van der Waals surface area contributed by atoms with E-state index in [1.165, 1.54) is 5.56 Å². The lowest BCUT2D eigenvalue weighted by Gasteiger charge is -2.10. The van der Waals surface area contributed by atoms with Crippen molar-refractivity contribution < 1.29 is 9.47 Å². The first-order valence-electron chi connectivity index (χ1n) is 7.72. The van der Waals surface area contributed by atoms with Crippen LogP contribution in [-0.2, 0) is 6.54 Å². The van der Waals surface area contributed by atoms with Crippen LogP contribution in [0.2, 0.25) is 0 Å². The molecule has 2 rings (SSSR count). The first kappa shape index (κ1) is 16.1. The Morgan fingerprint density at radius 2 is 1.82 bits per heavy atom. The number of hydrogen-bond donors (Lipinski definition) is 0. The van der Waals surface area contributed by atoms with Gasteiger partial charge in [-0.25, -0.2) is 0 Å². The van der Waals surface area contributed by atoms with Crippen LogP contribution in [0.3, 0.4) is 0 Å². The Labute approximate surface area is 131 Å². The summed E-state index contributed by atoms with van der Waals surface area (Å²) in [5, 5.41) is 0. The minimum absolute atomic E-state index is 0.0775. The summed E-state index contributed by atoms with van der Waals surface area (Å²) in [4.78, 5) is 12.2. The van der Waals surface area contributed by atoms with Gasteiger partial charge in [0.25, 0.3) is 5.56 Å². The van der Waals surface area contributed by atoms with Gasteiger partial charge in [0.1, 0.15) is 5.75 Å². The maximum atomic E-state index is 12.2. The number of hydrogen-bond acceptors (Lipinski definition) is 3. The molecule has 0 aliphatic heterocycles. The molecule has 4 nitrogen and oxygen atoms in total. The number of ether oxygens (including phenoxy) is 2. The van der Waals surface area contributed by atoms with Gasteiger partial charge in [0, 0.05) is 12.7 Å². The zero-order chi connectivity index (χ0) is 15.8. The van der Waals surface area contributed by atoms with Gasteiger partial charge >= 0.3 is 0 Å². The lowest BCUT2D eigenvalue weighted by molar-refractivity contribution is 0.295. The number of pyridine rings is 1. The maximum Gasteiger partial charge on any atom is 0.292 e. The first-order valence-corrected chi connectivity index (χ1v) is 7.72. The van der Waals surface area contributed by atoms with Gasteiger partial charge in [-0.2, -0.15) is 0 Å². The van der Waals surface area contributed by atoms with Crippen molar-refractivity contribution in [1.82, 2.24) is 4.57 Å². The van der Waals surface area contributed by atoms with Crippen LogP contribution >= 0.6 is 0 Å². The summed E-state index contributed by atoms with van der Waals surface area (Å²) in [6, 6.07) is 11.5. The average Bonchev–Trinajstić information content (AvgIpc) is 2.53. The van der Waals surface area contributed by atoms with Crippen molar-refractivity contribution in [3.8, 4) is 11.5 Å². The summed E-state index contributed by atoms with van der Waals surface area (Å²) in [6.07, 6.45) is 3.44. The van der Waals surface area contributed by atoms with E-state index in [1.807, 2.05) is 44.2 Å². The largest absolute Gasteiger partial charge is 0.494 e. The summed E-state index contributed by atoms with van der Waals surface area (Å²) >= 11 is 0. The molecule has 0 atom stereocenters. The Kier molecular flexibility index (Phi) is 6.07. The molecule has 0 radical (unpaired) electrons. The minimum atomic E-state index is -0.0775. The number of benzene rings is 1. The quantitative estimate of drug-likeness (QED) is 0.702. The van der Waals surface area contributed by atoms with Crippen LogP contribution in [0, 0.1) is 6.92 Å². The number of aromatic nitrogens is 1. The Morgan fingerprint density at radius 3 is 2.55 bits per heavy atom. The third kappa shape index (κ3) is 4.65. The fraction of sp³-hybridized carbons (Fsp3) is 0.389. The van der Waals surface area contributed by atoms with Gasteiger partial charge in [-0.15, -0.1) is 0 Å². The van der Waals surface area contributed by atoms with Crippen LogP contribution in [0.4, 0.5) is 0 Å². The molecule has 0 aliphatic carbocycles. The lowest BCUT2D eigenvalue weighted by atomic mass is 10.2. The van der Waals surface area contributed by atoms with Crippen molar-refractivity contribution in [2.75, 3.05) is 13.2 Å². The predicted molar refractivity (Wildman–Crippen MR) is 87.8 cm³/mol. The van der Waals surface area contributed by atoms with Gasteiger partial charge < -0.3 is 14.0 Å². The van der Waals surface area contributed by atoms with Crippen LogP contribution in [0.1, 0.15) is 25.3 Å². The summed E-state index contributed by atoms with van der Waals surface area (Å²) < 4.78 is 12.8. The molecule has 2 aromatic rings. The van der Waals surface area contributed by atoms with Crippen LogP contribution in [-0.4, -0.2) is 17.8 Å². The number of nitrogens with zero attached hydrogens (tertiary/aromatic N) is 1. The highest BCUT2D eigenvalue weighted by Crippen LogP contribution is 2.11. The molecule has 0 saturated heterocycles. The van der Waals surface area contributed by atoms with Gasteiger partial charge in [-0.1, -0.05) is 24.6 Å². The molecule has 118 valence electrons. The molecule has 1 heterocycles. The van der Waals surface area contributed by atoms with E-state index in [-0.39, 0.29) is 5.56 Å². The molecule has 0 aliphatic rings. The van der Waals surface area contributed by atoms with Crippen LogP contribution in [0.25, 0.3) is 0 Å². The molecule has 0 saturated carbocycles. The fourth-order valence-electron chi connectivity index (χ4n) is 2.07. The van der Waals surface area contributed by atoms with E-state index < -0.39 is 0 Å². The second kappa shape index (κ2) is 8.27. The highest BCUT2D eigenvalue weighted by molar-refractivity contribution is 5.26. The number of rotatable bonds is 8. The molecule has 0 bridgehead atoms. The first-order chi connectivity index (χ1) is 10.7. The Bertz CT molecular complexity index is 632. The maximum absolute atomic E-state index is 12.2. The fourth-order valence-corrected chi connectivity index (χ4v) is 2.07. The van der Waals surface area contributed by atoms with E-state index in [0.29, 0.717) is 25.5 Å². The SMILES string of the molecule is CCCOc1cccn(CCCOc2ccc(C)cc2)c1=O. The molecule has 4 heteroatoms. The van der Waals surface area contributed by atoms with Crippen LogP contribution in [0.5, 0.6) is 11.5 Å². The molecule has 1 aromatic carbocycles. The van der Waals surface area contributed by atoms with Crippen molar-refractivity contribution in [2.24, 2.45) is 0 Å². The van der Waals surface area contributed by atoms with E-state index in [0.717, 1.165) is 18.6 Å². The number of aryl methyl sites for hydroxylation is 2. The minimum Gasteiger partial charge on any atom is -0.494 e. The zero-order valence-corrected chi connectivity index (χ0v) is 13.2. The Balaban J connectivity index is 1.84. The van der Waals surface area contributed by atoms with Crippen molar-refractivity contribution >= 4 is 0 Å². The predicted octanol–water partition coefficient (Wildman–Crippen LogP) is 3.41.